The van der Waals surface area contributed by atoms with E-state index in [1.54, 1.807) is 30.3 Å². The van der Waals surface area contributed by atoms with Gasteiger partial charge in [0.05, 0.1) is 4.90 Å². The van der Waals surface area contributed by atoms with Gasteiger partial charge in [0.2, 0.25) is 26.6 Å². The Morgan fingerprint density at radius 2 is 1.59 bits per heavy atom. The number of aromatic nitrogens is 1. The lowest BCUT2D eigenvalue weighted by Crippen LogP contribution is -2.39. The van der Waals surface area contributed by atoms with Crippen molar-refractivity contribution >= 4 is 15.7 Å². The molecule has 5 nitrogen and oxygen atoms in total. The number of sulfone groups is 1. The molecule has 0 bridgehead atoms. The van der Waals surface area contributed by atoms with Crippen LogP contribution in [0.5, 0.6) is 0 Å². The van der Waals surface area contributed by atoms with Gasteiger partial charge in [-0.05, 0) is 48.9 Å². The quantitative estimate of drug-likeness (QED) is 0.608. The minimum atomic E-state index is -3.80. The summed E-state index contributed by atoms with van der Waals surface area (Å²) in [5.74, 6) is 1.61. The van der Waals surface area contributed by atoms with Crippen molar-refractivity contribution in [2.75, 3.05) is 18.0 Å². The minimum Gasteiger partial charge on any atom is -0.419 e. The number of aryl methyl sites for hydroxylation is 1. The molecule has 0 spiro atoms. The molecule has 152 valence electrons. The molecule has 2 atom stereocenters. The van der Waals surface area contributed by atoms with Crippen molar-refractivity contribution in [2.24, 2.45) is 11.8 Å². The molecule has 1 aliphatic heterocycles. The van der Waals surface area contributed by atoms with Crippen LogP contribution in [0.4, 0.5) is 5.88 Å². The van der Waals surface area contributed by atoms with Crippen LogP contribution >= 0.6 is 0 Å². The Labute approximate surface area is 172 Å². The first-order valence-corrected chi connectivity index (χ1v) is 11.5. The smallest absolute Gasteiger partial charge is 0.236 e. The summed E-state index contributed by atoms with van der Waals surface area (Å²) < 4.78 is 33.0. The first-order chi connectivity index (χ1) is 13.9. The van der Waals surface area contributed by atoms with E-state index < -0.39 is 9.84 Å². The molecule has 1 fully saturated rings. The first kappa shape index (κ1) is 19.7. The summed E-state index contributed by atoms with van der Waals surface area (Å²) >= 11 is 0. The molecule has 2 unspecified atom stereocenters. The van der Waals surface area contributed by atoms with E-state index in [0.717, 1.165) is 30.6 Å². The number of hydrogen-bond acceptors (Lipinski definition) is 5. The second-order valence-corrected chi connectivity index (χ2v) is 9.98. The molecule has 1 aliphatic rings. The molecule has 6 heteroatoms. The highest BCUT2D eigenvalue weighted by Crippen LogP contribution is 2.37. The van der Waals surface area contributed by atoms with Gasteiger partial charge in [0, 0.05) is 18.7 Å². The lowest BCUT2D eigenvalue weighted by atomic mass is 9.92. The molecule has 4 rings (SSSR count). The van der Waals surface area contributed by atoms with Crippen molar-refractivity contribution in [1.29, 1.82) is 0 Å². The van der Waals surface area contributed by atoms with Crippen molar-refractivity contribution in [2.45, 2.75) is 37.1 Å². The molecule has 2 heterocycles. The maximum absolute atomic E-state index is 13.4. The number of hydrogen-bond donors (Lipinski definition) is 0. The van der Waals surface area contributed by atoms with Gasteiger partial charge >= 0.3 is 0 Å². The van der Waals surface area contributed by atoms with Crippen LogP contribution in [0.3, 0.4) is 0 Å². The Kier molecular flexibility index (Phi) is 5.21. The summed E-state index contributed by atoms with van der Waals surface area (Å²) in [5, 5.41) is 0.00301. The Bertz CT molecular complexity index is 1100. The van der Waals surface area contributed by atoms with Crippen LogP contribution in [-0.2, 0) is 9.84 Å². The predicted octanol–water partition coefficient (Wildman–Crippen LogP) is 4.97. The van der Waals surface area contributed by atoms with E-state index in [-0.39, 0.29) is 9.92 Å². The topological polar surface area (TPSA) is 63.4 Å². The van der Waals surface area contributed by atoms with Crippen molar-refractivity contribution in [3.63, 3.8) is 0 Å². The van der Waals surface area contributed by atoms with E-state index >= 15 is 0 Å². The van der Waals surface area contributed by atoms with Gasteiger partial charge in [0.15, 0.2) is 0 Å². The minimum absolute atomic E-state index is 0.00301. The molecule has 0 N–H and O–H groups in total. The third-order valence-corrected chi connectivity index (χ3v) is 7.09. The summed E-state index contributed by atoms with van der Waals surface area (Å²) in [6.45, 7) is 7.85. The van der Waals surface area contributed by atoms with Gasteiger partial charge in [-0.1, -0.05) is 50.2 Å². The summed E-state index contributed by atoms with van der Waals surface area (Å²) in [6, 6.07) is 16.2. The average Bonchev–Trinajstić information content (AvgIpc) is 3.14. The van der Waals surface area contributed by atoms with Crippen LogP contribution < -0.4 is 4.90 Å². The number of oxazole rings is 1. The molecule has 0 amide bonds. The highest BCUT2D eigenvalue weighted by molar-refractivity contribution is 7.91. The SMILES string of the molecule is Cc1ccccc1-c1nc(S(=O)(=O)c2ccccc2)c(N2CC(C)CC(C)C2)o1. The van der Waals surface area contributed by atoms with Crippen molar-refractivity contribution in [3.8, 4) is 11.5 Å². The number of rotatable bonds is 4. The molecule has 0 aliphatic carbocycles. The van der Waals surface area contributed by atoms with E-state index in [1.807, 2.05) is 36.1 Å². The molecule has 3 aromatic rings. The Morgan fingerprint density at radius 3 is 2.24 bits per heavy atom. The fourth-order valence-electron chi connectivity index (χ4n) is 4.14. The van der Waals surface area contributed by atoms with E-state index in [4.69, 9.17) is 4.42 Å². The molecule has 1 aromatic heterocycles. The Balaban J connectivity index is 1.88. The monoisotopic (exact) mass is 410 g/mol. The van der Waals surface area contributed by atoms with Crippen LogP contribution in [0.15, 0.2) is 68.9 Å². The van der Waals surface area contributed by atoms with Crippen LogP contribution in [0.25, 0.3) is 11.5 Å². The zero-order valence-corrected chi connectivity index (χ0v) is 17.8. The summed E-state index contributed by atoms with van der Waals surface area (Å²) in [4.78, 5) is 6.79. The van der Waals surface area contributed by atoms with Gasteiger partial charge < -0.3 is 9.32 Å². The number of benzene rings is 2. The van der Waals surface area contributed by atoms with Crippen LogP contribution in [0.1, 0.15) is 25.8 Å². The zero-order valence-electron chi connectivity index (χ0n) is 17.0. The summed E-state index contributed by atoms with van der Waals surface area (Å²) in [5.41, 5.74) is 1.80. The van der Waals surface area contributed by atoms with E-state index in [0.29, 0.717) is 23.6 Å². The lowest BCUT2D eigenvalue weighted by molar-refractivity contribution is 0.342. The summed E-state index contributed by atoms with van der Waals surface area (Å²) in [6.07, 6.45) is 1.12. The van der Waals surface area contributed by atoms with Gasteiger partial charge in [0.1, 0.15) is 0 Å². The second-order valence-electron chi connectivity index (χ2n) is 8.11. The number of piperidine rings is 1. The average molecular weight is 411 g/mol. The highest BCUT2D eigenvalue weighted by atomic mass is 32.2. The number of nitrogens with zero attached hydrogens (tertiary/aromatic N) is 2. The fraction of sp³-hybridized carbons (Fsp3) is 0.348. The largest absolute Gasteiger partial charge is 0.419 e. The maximum Gasteiger partial charge on any atom is 0.236 e. The predicted molar refractivity (Wildman–Crippen MR) is 114 cm³/mol. The van der Waals surface area contributed by atoms with Crippen LogP contribution in [-0.4, -0.2) is 26.5 Å². The lowest BCUT2D eigenvalue weighted by Gasteiger charge is -2.34. The van der Waals surface area contributed by atoms with Crippen LogP contribution in [0.2, 0.25) is 0 Å². The molecule has 2 aromatic carbocycles. The van der Waals surface area contributed by atoms with Gasteiger partial charge in [0.25, 0.3) is 0 Å². The summed E-state index contributed by atoms with van der Waals surface area (Å²) in [7, 11) is -3.80. The third kappa shape index (κ3) is 3.81. The van der Waals surface area contributed by atoms with E-state index in [9.17, 15) is 8.42 Å². The van der Waals surface area contributed by atoms with Gasteiger partial charge in [-0.2, -0.15) is 4.98 Å². The Morgan fingerprint density at radius 1 is 0.966 bits per heavy atom. The molecule has 0 saturated carbocycles. The first-order valence-electron chi connectivity index (χ1n) is 9.98. The molecular formula is C23H26N2O3S. The normalized spacial score (nSPS) is 20.0. The van der Waals surface area contributed by atoms with Gasteiger partial charge in [-0.3, -0.25) is 0 Å². The number of anilines is 1. The van der Waals surface area contributed by atoms with E-state index in [1.165, 1.54) is 0 Å². The van der Waals surface area contributed by atoms with E-state index in [2.05, 4.69) is 18.8 Å². The molecule has 0 radical (unpaired) electrons. The molecule has 1 saturated heterocycles. The van der Waals surface area contributed by atoms with Crippen molar-refractivity contribution in [1.82, 2.24) is 4.98 Å². The van der Waals surface area contributed by atoms with Gasteiger partial charge in [-0.25, -0.2) is 8.42 Å². The maximum atomic E-state index is 13.4. The molecule has 29 heavy (non-hydrogen) atoms. The van der Waals surface area contributed by atoms with Gasteiger partial charge in [-0.15, -0.1) is 0 Å². The third-order valence-electron chi connectivity index (χ3n) is 5.42. The molecular weight excluding hydrogens is 384 g/mol. The van der Waals surface area contributed by atoms with Crippen molar-refractivity contribution < 1.29 is 12.8 Å². The zero-order chi connectivity index (χ0) is 20.6. The van der Waals surface area contributed by atoms with Crippen molar-refractivity contribution in [3.05, 3.63) is 60.2 Å². The highest BCUT2D eigenvalue weighted by Gasteiger charge is 2.34. The fourth-order valence-corrected chi connectivity index (χ4v) is 5.48. The second kappa shape index (κ2) is 7.67. The van der Waals surface area contributed by atoms with Crippen LogP contribution in [0, 0.1) is 18.8 Å². The standard InChI is InChI=1S/C23H26N2O3S/c1-16-13-17(2)15-25(14-16)23-22(29(26,27)19-10-5-4-6-11-19)24-21(28-23)20-12-8-7-9-18(20)3/h4-12,16-17H,13-15H2,1-3H3. The Hall–Kier alpha value is -2.60.